The van der Waals surface area contributed by atoms with Crippen LogP contribution >= 0.6 is 0 Å². The van der Waals surface area contributed by atoms with Gasteiger partial charge in [-0.2, -0.15) is 0 Å². The van der Waals surface area contributed by atoms with E-state index in [1.165, 1.54) is 0 Å². The molecule has 1 aliphatic heterocycles. The molecule has 3 heterocycles. The normalized spacial score (nSPS) is 14.6. The van der Waals surface area contributed by atoms with Crippen molar-refractivity contribution in [2.45, 2.75) is 33.6 Å². The van der Waals surface area contributed by atoms with Crippen molar-refractivity contribution in [2.24, 2.45) is 0 Å². The molecule has 0 aromatic carbocycles. The number of rotatable bonds is 5. The molecule has 2 aromatic rings. The molecule has 1 saturated heterocycles. The summed E-state index contributed by atoms with van der Waals surface area (Å²) in [5.41, 5.74) is 1.56. The van der Waals surface area contributed by atoms with E-state index < -0.39 is 0 Å². The minimum Gasteiger partial charge on any atom is -0.478 e. The van der Waals surface area contributed by atoms with Gasteiger partial charge < -0.3 is 14.5 Å². The smallest absolute Gasteiger partial charge is 0.255 e. The molecule has 0 N–H and O–H groups in total. The predicted molar refractivity (Wildman–Crippen MR) is 104 cm³/mol. The summed E-state index contributed by atoms with van der Waals surface area (Å²) in [6.07, 6.45) is 1.59. The second-order valence-electron chi connectivity index (χ2n) is 6.98. The lowest BCUT2D eigenvalue weighted by Crippen LogP contribution is -2.49. The standard InChI is InChI=1S/C20H27N5O2/c1-5-27-18-7-6-16(13-21-18)20(26)25-10-8-24(9-11-25)17-12-15(4)22-19(23-17)14(2)3/h6-7,12-14H,5,8-11H2,1-4H3. The lowest BCUT2D eigenvalue weighted by atomic mass is 10.2. The van der Waals surface area contributed by atoms with Gasteiger partial charge in [0.15, 0.2) is 0 Å². The zero-order valence-corrected chi connectivity index (χ0v) is 16.5. The predicted octanol–water partition coefficient (Wildman–Crippen LogP) is 2.66. The molecule has 1 fully saturated rings. The van der Waals surface area contributed by atoms with Crippen molar-refractivity contribution in [1.29, 1.82) is 0 Å². The van der Waals surface area contributed by atoms with Crippen LogP contribution in [0.2, 0.25) is 0 Å². The Labute approximate surface area is 160 Å². The largest absolute Gasteiger partial charge is 0.478 e. The first-order valence-corrected chi connectivity index (χ1v) is 9.46. The van der Waals surface area contributed by atoms with Gasteiger partial charge in [-0.3, -0.25) is 4.79 Å². The van der Waals surface area contributed by atoms with E-state index in [0.29, 0.717) is 37.1 Å². The maximum absolute atomic E-state index is 12.7. The number of carbonyl (C=O) groups excluding carboxylic acids is 1. The fraction of sp³-hybridized carbons (Fsp3) is 0.500. The molecule has 144 valence electrons. The highest BCUT2D eigenvalue weighted by Gasteiger charge is 2.24. The van der Waals surface area contributed by atoms with E-state index in [4.69, 9.17) is 9.72 Å². The Balaban J connectivity index is 1.64. The molecular weight excluding hydrogens is 342 g/mol. The molecule has 0 unspecified atom stereocenters. The van der Waals surface area contributed by atoms with Gasteiger partial charge in [-0.25, -0.2) is 15.0 Å². The summed E-state index contributed by atoms with van der Waals surface area (Å²) in [5, 5.41) is 0. The fourth-order valence-electron chi connectivity index (χ4n) is 3.06. The van der Waals surface area contributed by atoms with Gasteiger partial charge in [0.1, 0.15) is 11.6 Å². The number of amides is 1. The Morgan fingerprint density at radius 1 is 1.19 bits per heavy atom. The Morgan fingerprint density at radius 2 is 1.93 bits per heavy atom. The van der Waals surface area contributed by atoms with E-state index in [9.17, 15) is 4.79 Å². The number of ether oxygens (including phenoxy) is 1. The molecule has 0 spiro atoms. The molecule has 3 rings (SSSR count). The van der Waals surface area contributed by atoms with Crippen LogP contribution < -0.4 is 9.64 Å². The number of aromatic nitrogens is 3. The van der Waals surface area contributed by atoms with Crippen LogP contribution in [-0.2, 0) is 0 Å². The van der Waals surface area contributed by atoms with Crippen molar-refractivity contribution in [1.82, 2.24) is 19.9 Å². The van der Waals surface area contributed by atoms with Gasteiger partial charge in [0.25, 0.3) is 5.91 Å². The molecule has 0 atom stereocenters. The van der Waals surface area contributed by atoms with Crippen LogP contribution in [0.3, 0.4) is 0 Å². The van der Waals surface area contributed by atoms with Crippen molar-refractivity contribution >= 4 is 11.7 Å². The summed E-state index contributed by atoms with van der Waals surface area (Å²) in [4.78, 5) is 30.2. The number of hydrogen-bond acceptors (Lipinski definition) is 6. The highest BCUT2D eigenvalue weighted by molar-refractivity contribution is 5.94. The van der Waals surface area contributed by atoms with Crippen LogP contribution in [0.25, 0.3) is 0 Å². The van der Waals surface area contributed by atoms with Crippen LogP contribution in [0, 0.1) is 6.92 Å². The first-order valence-electron chi connectivity index (χ1n) is 9.46. The van der Waals surface area contributed by atoms with Crippen molar-refractivity contribution in [3.63, 3.8) is 0 Å². The van der Waals surface area contributed by atoms with Crippen LogP contribution in [0.15, 0.2) is 24.4 Å². The molecule has 0 aliphatic carbocycles. The fourth-order valence-corrected chi connectivity index (χ4v) is 3.06. The van der Waals surface area contributed by atoms with E-state index in [1.807, 2.05) is 24.8 Å². The van der Waals surface area contributed by atoms with Gasteiger partial charge in [-0.05, 0) is 19.9 Å². The third kappa shape index (κ3) is 4.53. The zero-order valence-electron chi connectivity index (χ0n) is 16.5. The van der Waals surface area contributed by atoms with Crippen molar-refractivity contribution < 1.29 is 9.53 Å². The van der Waals surface area contributed by atoms with Crippen LogP contribution in [0.5, 0.6) is 5.88 Å². The molecule has 1 aliphatic rings. The van der Waals surface area contributed by atoms with Gasteiger partial charge in [-0.15, -0.1) is 0 Å². The monoisotopic (exact) mass is 369 g/mol. The number of piperazine rings is 1. The Morgan fingerprint density at radius 3 is 2.52 bits per heavy atom. The molecule has 0 saturated carbocycles. The number of pyridine rings is 1. The Bertz CT molecular complexity index is 783. The summed E-state index contributed by atoms with van der Waals surface area (Å²) in [6, 6.07) is 5.53. The lowest BCUT2D eigenvalue weighted by molar-refractivity contribution is 0.0746. The molecule has 7 nitrogen and oxygen atoms in total. The zero-order chi connectivity index (χ0) is 19.4. The number of carbonyl (C=O) groups is 1. The van der Waals surface area contributed by atoms with Crippen molar-refractivity contribution in [3.05, 3.63) is 41.5 Å². The van der Waals surface area contributed by atoms with Crippen LogP contribution in [0.4, 0.5) is 5.82 Å². The number of hydrogen-bond donors (Lipinski definition) is 0. The first kappa shape index (κ1) is 19.1. The maximum atomic E-state index is 12.7. The number of anilines is 1. The third-order valence-electron chi connectivity index (χ3n) is 4.54. The van der Waals surface area contributed by atoms with E-state index in [2.05, 4.69) is 28.7 Å². The number of nitrogens with zero attached hydrogens (tertiary/aromatic N) is 5. The van der Waals surface area contributed by atoms with E-state index in [0.717, 1.165) is 30.4 Å². The van der Waals surface area contributed by atoms with Crippen molar-refractivity contribution in [2.75, 3.05) is 37.7 Å². The summed E-state index contributed by atoms with van der Waals surface area (Å²) in [5.74, 6) is 2.65. The summed E-state index contributed by atoms with van der Waals surface area (Å²) in [6.45, 7) is 11.5. The van der Waals surface area contributed by atoms with Gasteiger partial charge in [0.05, 0.1) is 12.2 Å². The van der Waals surface area contributed by atoms with Gasteiger partial charge in [0, 0.05) is 56.1 Å². The first-order chi connectivity index (χ1) is 13.0. The van der Waals surface area contributed by atoms with E-state index in [1.54, 1.807) is 18.3 Å². The topological polar surface area (TPSA) is 71.5 Å². The maximum Gasteiger partial charge on any atom is 0.255 e. The molecule has 0 radical (unpaired) electrons. The molecule has 1 amide bonds. The minimum absolute atomic E-state index is 0.00642. The molecule has 2 aromatic heterocycles. The average Bonchev–Trinajstić information content (AvgIpc) is 2.68. The average molecular weight is 369 g/mol. The Kier molecular flexibility index (Phi) is 5.88. The quantitative estimate of drug-likeness (QED) is 0.807. The Hall–Kier alpha value is -2.70. The summed E-state index contributed by atoms with van der Waals surface area (Å²) < 4.78 is 5.33. The summed E-state index contributed by atoms with van der Waals surface area (Å²) >= 11 is 0. The van der Waals surface area contributed by atoms with Crippen LogP contribution in [0.1, 0.15) is 48.6 Å². The third-order valence-corrected chi connectivity index (χ3v) is 4.54. The van der Waals surface area contributed by atoms with E-state index in [-0.39, 0.29) is 5.91 Å². The van der Waals surface area contributed by atoms with Gasteiger partial charge >= 0.3 is 0 Å². The second-order valence-corrected chi connectivity index (χ2v) is 6.98. The molecule has 7 heteroatoms. The molecule has 0 bridgehead atoms. The van der Waals surface area contributed by atoms with Crippen molar-refractivity contribution in [3.8, 4) is 5.88 Å². The summed E-state index contributed by atoms with van der Waals surface area (Å²) in [7, 11) is 0. The minimum atomic E-state index is 0.00642. The molecular formula is C20H27N5O2. The second kappa shape index (κ2) is 8.33. The SMILES string of the molecule is CCOc1ccc(C(=O)N2CCN(c3cc(C)nc(C(C)C)n3)CC2)cn1. The lowest BCUT2D eigenvalue weighted by Gasteiger charge is -2.35. The highest BCUT2D eigenvalue weighted by atomic mass is 16.5. The highest BCUT2D eigenvalue weighted by Crippen LogP contribution is 2.19. The van der Waals surface area contributed by atoms with Gasteiger partial charge in [-0.1, -0.05) is 13.8 Å². The van der Waals surface area contributed by atoms with Gasteiger partial charge in [0.2, 0.25) is 5.88 Å². The molecule has 27 heavy (non-hydrogen) atoms. The van der Waals surface area contributed by atoms with Crippen LogP contribution in [-0.4, -0.2) is 58.5 Å². The van der Waals surface area contributed by atoms with E-state index >= 15 is 0 Å². The number of aryl methyl sites for hydroxylation is 1.